The van der Waals surface area contributed by atoms with E-state index >= 15 is 0 Å². The molecule has 4 aromatic rings. The molecule has 3 amide bonds. The topological polar surface area (TPSA) is 250 Å². The van der Waals surface area contributed by atoms with Crippen LogP contribution in [0.15, 0.2) is 80.6 Å². The number of aliphatic hydroxyl groups excluding tert-OH is 1. The Morgan fingerprint density at radius 3 is 1.17 bits per heavy atom. The van der Waals surface area contributed by atoms with Gasteiger partial charge in [0.25, 0.3) is 10.1 Å². The number of nitrogens with one attached hydrogen (secondary N) is 2. The smallest absolute Gasteiger partial charge is 1.00 e. The molecule has 0 atom stereocenters. The number of carbonyl (C=O) groups is 3. The number of hydrogen-bond donors (Lipinski definition) is 3. The van der Waals surface area contributed by atoms with Crippen LogP contribution in [0, 0.1) is 0 Å². The molecule has 86 heavy (non-hydrogen) atoms. The Labute approximate surface area is 569 Å². The zero-order chi connectivity index (χ0) is 62.8. The maximum absolute atomic E-state index is 11.9. The van der Waals surface area contributed by atoms with Crippen LogP contribution in [0.5, 0.6) is 0 Å². The van der Waals surface area contributed by atoms with Crippen molar-refractivity contribution in [3.8, 4) is 0 Å². The Kier molecular flexibility index (Phi) is 37.8. The minimum absolute atomic E-state index is 0. The van der Waals surface area contributed by atoms with E-state index in [1.165, 1.54) is 38.8 Å². The fourth-order valence-electron chi connectivity index (χ4n) is 8.83. The van der Waals surface area contributed by atoms with Gasteiger partial charge in [0.15, 0.2) is 0 Å². The van der Waals surface area contributed by atoms with Crippen LogP contribution in [0.25, 0.3) is 0 Å². The van der Waals surface area contributed by atoms with Crippen molar-refractivity contribution in [2.24, 2.45) is 0 Å². The molecule has 0 saturated carbocycles. The summed E-state index contributed by atoms with van der Waals surface area (Å²) >= 11 is 13.4. The van der Waals surface area contributed by atoms with Crippen LogP contribution in [0.4, 0.5) is 14.4 Å². The van der Waals surface area contributed by atoms with Crippen molar-refractivity contribution in [3.05, 3.63) is 80.6 Å². The molecule has 9 heterocycles. The maximum Gasteiger partial charge on any atom is 1.00 e. The van der Waals surface area contributed by atoms with E-state index in [9.17, 15) is 27.9 Å². The molecule has 0 bridgehead atoms. The quantitative estimate of drug-likeness (QED) is 0.0729. The van der Waals surface area contributed by atoms with Crippen LogP contribution in [0.3, 0.4) is 0 Å². The number of aromatic nitrogens is 8. The molecule has 5 saturated heterocycles. The molecule has 9 rings (SSSR count). The average molecular weight is 1500 g/mol. The summed E-state index contributed by atoms with van der Waals surface area (Å²) in [6.07, 6.45) is 23.6. The second kappa shape index (κ2) is 40.1. The SMILES string of the molecule is Brc1cn[nH]c1.Brc1cnn(C2CCNCC2)c1.C.C=C.CC(C)(C)OC(=O)N1CCC(O)CC1.CC(C)(C)OC(=O)N1CCC(OS(C)(=O)=O)CC1.CC(C)(C)OC(=O)N1CCC(n2cc(Br)cn2)CC1.CN1CCC(n2cc(Br)cn2)CC1.[H-].[Na+]. The normalized spacial score (nSPS) is 17.6. The number of rotatable bonds is 5. The van der Waals surface area contributed by atoms with Gasteiger partial charge in [-0.1, -0.05) is 7.43 Å². The van der Waals surface area contributed by atoms with Crippen molar-refractivity contribution in [2.75, 3.05) is 78.8 Å². The summed E-state index contributed by atoms with van der Waals surface area (Å²) in [5.74, 6) is 0. The number of nitrogens with zero attached hydrogens (tertiary/aromatic N) is 11. The molecule has 0 unspecified atom stereocenters. The Hall–Kier alpha value is -2.90. The van der Waals surface area contributed by atoms with E-state index in [2.05, 4.69) is 141 Å². The maximum atomic E-state index is 11.9. The Bertz CT molecular complexity index is 2620. The summed E-state index contributed by atoms with van der Waals surface area (Å²) in [6, 6.07) is 1.56. The monoisotopic (exact) mass is 1500 g/mol. The van der Waals surface area contributed by atoms with Gasteiger partial charge in [0, 0.05) is 64.1 Å². The number of ether oxygens (including phenoxy) is 3. The summed E-state index contributed by atoms with van der Waals surface area (Å²) in [6.45, 7) is 30.8. The zero-order valence-electron chi connectivity index (χ0n) is 53.0. The van der Waals surface area contributed by atoms with Crippen molar-refractivity contribution in [1.82, 2.24) is 64.5 Å². The minimum Gasteiger partial charge on any atom is -1.00 e. The number of halogens is 4. The molecule has 4 aromatic heterocycles. The second-order valence-electron chi connectivity index (χ2n) is 23.7. The van der Waals surface area contributed by atoms with Crippen LogP contribution in [-0.2, 0) is 28.5 Å². The van der Waals surface area contributed by atoms with E-state index in [0.717, 1.165) is 63.2 Å². The standard InChI is InChI=1S/C13H20BrN3O2.C11H21NO5S.C10H19NO3.C9H14BrN3.C8H12BrN3.C3H3BrN2.C2H4.CH4.Na.H/c1-13(2,3)19-12(18)16-6-4-11(5-7-16)17-9-10(14)8-15-17;1-11(2,3)16-10(13)12-7-5-9(6-8-12)17-18(4,14)15;1-10(2,3)14-9(13)11-6-4-8(12)5-7-11;1-12-4-2-9(3-5-12)13-7-8(10)6-11-13;9-7-5-11-12(6-7)8-1-3-10-4-2-8;4-3-1-5-6-2-3;1-2;;;/h8-9,11H,4-7H2,1-3H3;9H,5-8H2,1-4H3;8,12H,4-7H2,1-3H3;6-7,9H,2-5H2,1H3;5-6,8,10H,1-4H2;1-2H,(H,5,6);1-2H2;1H4;;/q;;;;;;;;+1;-1. The van der Waals surface area contributed by atoms with Crippen LogP contribution in [0.2, 0.25) is 0 Å². The zero-order valence-corrected chi connectivity index (χ0v) is 61.2. The second-order valence-corrected chi connectivity index (χ2v) is 29.0. The first-order valence-corrected chi connectivity index (χ1v) is 33.4. The number of aromatic amines is 1. The van der Waals surface area contributed by atoms with Crippen LogP contribution in [-0.4, -0.2) is 199 Å². The number of hydrogen-bond acceptors (Lipinski definition) is 16. The summed E-state index contributed by atoms with van der Waals surface area (Å²) in [5, 5.41) is 31.8. The van der Waals surface area contributed by atoms with Gasteiger partial charge in [-0.2, -0.15) is 28.8 Å². The molecule has 0 aliphatic carbocycles. The Morgan fingerprint density at radius 1 is 0.570 bits per heavy atom. The van der Waals surface area contributed by atoms with Gasteiger partial charge in [-0.05, 0) is 223 Å². The van der Waals surface area contributed by atoms with Crippen LogP contribution >= 0.6 is 63.7 Å². The molecule has 486 valence electrons. The van der Waals surface area contributed by atoms with E-state index in [-0.39, 0.29) is 68.9 Å². The molecule has 0 spiro atoms. The van der Waals surface area contributed by atoms with Gasteiger partial charge in [-0.3, -0.25) is 23.3 Å². The van der Waals surface area contributed by atoms with Crippen LogP contribution < -0.4 is 34.9 Å². The summed E-state index contributed by atoms with van der Waals surface area (Å²) in [5.41, 5.74) is -1.38. The number of likely N-dealkylation sites (tertiary alicyclic amines) is 4. The van der Waals surface area contributed by atoms with Gasteiger partial charge in [0.05, 0.1) is 79.3 Å². The fraction of sp³-hybridized carbons (Fsp3) is 0.702. The predicted octanol–water partition coefficient (Wildman–Crippen LogP) is 9.17. The number of aliphatic hydroxyl groups is 1. The first-order chi connectivity index (χ1) is 39.3. The Morgan fingerprint density at radius 2 is 0.895 bits per heavy atom. The molecule has 3 N–H and O–H groups in total. The van der Waals surface area contributed by atoms with Gasteiger partial charge >= 0.3 is 47.8 Å². The van der Waals surface area contributed by atoms with E-state index in [1.54, 1.807) is 33.3 Å². The first-order valence-electron chi connectivity index (χ1n) is 28.4. The predicted molar refractivity (Wildman–Crippen MR) is 348 cm³/mol. The summed E-state index contributed by atoms with van der Waals surface area (Å²) in [7, 11) is -1.25. The van der Waals surface area contributed by atoms with Crippen molar-refractivity contribution in [2.45, 2.75) is 181 Å². The molecule has 5 aliphatic rings. The van der Waals surface area contributed by atoms with E-state index in [0.29, 0.717) is 70.0 Å². The third kappa shape index (κ3) is 34.3. The summed E-state index contributed by atoms with van der Waals surface area (Å²) < 4.78 is 52.9. The third-order valence-electron chi connectivity index (χ3n) is 12.9. The molecule has 5 aliphatic heterocycles. The van der Waals surface area contributed by atoms with Crippen LogP contribution in [0.1, 0.15) is 154 Å². The number of carbonyl (C=O) groups excluding carboxylic acids is 3. The molecule has 5 fully saturated rings. The molecular formula is C57H98Br4N13NaO10S. The minimum atomic E-state index is -3.42. The fourth-order valence-corrected chi connectivity index (χ4v) is 10.6. The molecular weight excluding hydrogens is 1400 g/mol. The van der Waals surface area contributed by atoms with Crippen molar-refractivity contribution in [1.29, 1.82) is 0 Å². The largest absolute Gasteiger partial charge is 1.00 e. The average Bonchev–Trinajstić information content (AvgIpc) is 4.51. The van der Waals surface area contributed by atoms with Gasteiger partial charge in [-0.25, -0.2) is 14.4 Å². The number of H-pyrrole nitrogens is 1. The molecule has 23 nitrogen and oxygen atoms in total. The van der Waals surface area contributed by atoms with Gasteiger partial charge in [-0.15, -0.1) is 13.2 Å². The van der Waals surface area contributed by atoms with Crippen molar-refractivity contribution in [3.63, 3.8) is 0 Å². The van der Waals surface area contributed by atoms with Gasteiger partial charge in [0.1, 0.15) is 16.8 Å². The molecule has 0 aromatic carbocycles. The van der Waals surface area contributed by atoms with Crippen molar-refractivity contribution >= 4 is 92.1 Å². The number of amides is 3. The van der Waals surface area contributed by atoms with Gasteiger partial charge < -0.3 is 45.7 Å². The summed E-state index contributed by atoms with van der Waals surface area (Å²) in [4.78, 5) is 42.6. The van der Waals surface area contributed by atoms with E-state index < -0.39 is 26.9 Å². The molecule has 29 heteroatoms. The molecule has 0 radical (unpaired) electrons. The third-order valence-corrected chi connectivity index (χ3v) is 15.2. The van der Waals surface area contributed by atoms with E-state index in [4.69, 9.17) is 18.4 Å². The van der Waals surface area contributed by atoms with E-state index in [1.807, 2.05) is 85.6 Å². The Balaban J connectivity index is 0.00000103. The van der Waals surface area contributed by atoms with Gasteiger partial charge in [0.2, 0.25) is 0 Å². The van der Waals surface area contributed by atoms with Crippen molar-refractivity contribution < 1.29 is 77.3 Å². The number of piperidine rings is 5. The first kappa shape index (κ1) is 81.1.